The summed E-state index contributed by atoms with van der Waals surface area (Å²) in [5.41, 5.74) is 3.50. The van der Waals surface area contributed by atoms with Crippen LogP contribution in [0.1, 0.15) is 38.1 Å². The van der Waals surface area contributed by atoms with Crippen molar-refractivity contribution in [2.45, 2.75) is 46.8 Å². The van der Waals surface area contributed by atoms with E-state index < -0.39 is 0 Å². The van der Waals surface area contributed by atoms with Crippen LogP contribution >= 0.6 is 0 Å². The summed E-state index contributed by atoms with van der Waals surface area (Å²) in [7, 11) is 0. The summed E-state index contributed by atoms with van der Waals surface area (Å²) in [6.07, 6.45) is 5.81. The molecular formula is C13H21N5. The van der Waals surface area contributed by atoms with Crippen LogP contribution in [-0.4, -0.2) is 19.6 Å². The van der Waals surface area contributed by atoms with Crippen molar-refractivity contribution >= 4 is 5.69 Å². The van der Waals surface area contributed by atoms with Gasteiger partial charge in [-0.05, 0) is 33.3 Å². The van der Waals surface area contributed by atoms with Crippen LogP contribution < -0.4 is 5.32 Å². The SMILES string of the molecule is CCn1ncc(C)c1CNc1cnn(C(C)C)c1. The molecule has 0 aliphatic carbocycles. The average Bonchev–Trinajstić information content (AvgIpc) is 2.93. The molecule has 5 heteroatoms. The van der Waals surface area contributed by atoms with Gasteiger partial charge in [-0.3, -0.25) is 9.36 Å². The van der Waals surface area contributed by atoms with Crippen LogP contribution in [0, 0.1) is 6.92 Å². The Bertz CT molecular complexity index is 509. The number of hydrogen-bond acceptors (Lipinski definition) is 3. The van der Waals surface area contributed by atoms with Crippen molar-refractivity contribution in [1.82, 2.24) is 19.6 Å². The Morgan fingerprint density at radius 2 is 2.06 bits per heavy atom. The molecule has 1 N–H and O–H groups in total. The van der Waals surface area contributed by atoms with Crippen molar-refractivity contribution in [2.24, 2.45) is 0 Å². The van der Waals surface area contributed by atoms with Crippen LogP contribution in [0.3, 0.4) is 0 Å². The first-order valence-electron chi connectivity index (χ1n) is 6.41. The summed E-state index contributed by atoms with van der Waals surface area (Å²) in [5.74, 6) is 0. The predicted octanol–water partition coefficient (Wildman–Crippen LogP) is 2.60. The molecule has 0 aromatic carbocycles. The monoisotopic (exact) mass is 247 g/mol. The molecule has 2 aromatic rings. The Morgan fingerprint density at radius 1 is 1.28 bits per heavy atom. The minimum atomic E-state index is 0.392. The zero-order valence-corrected chi connectivity index (χ0v) is 11.5. The molecule has 0 aliphatic rings. The normalized spacial score (nSPS) is 11.2. The van der Waals surface area contributed by atoms with Crippen molar-refractivity contribution in [2.75, 3.05) is 5.32 Å². The van der Waals surface area contributed by atoms with Gasteiger partial charge in [0.15, 0.2) is 0 Å². The molecule has 0 aliphatic heterocycles. The fraction of sp³-hybridized carbons (Fsp3) is 0.538. The number of aromatic nitrogens is 4. The maximum Gasteiger partial charge on any atom is 0.0729 e. The molecule has 98 valence electrons. The van der Waals surface area contributed by atoms with Crippen LogP contribution in [0.4, 0.5) is 5.69 Å². The minimum Gasteiger partial charge on any atom is -0.377 e. The van der Waals surface area contributed by atoms with Crippen LogP contribution in [0.15, 0.2) is 18.6 Å². The summed E-state index contributed by atoms with van der Waals surface area (Å²) < 4.78 is 3.97. The maximum absolute atomic E-state index is 4.34. The number of hydrogen-bond donors (Lipinski definition) is 1. The molecule has 2 aromatic heterocycles. The second-order valence-electron chi connectivity index (χ2n) is 4.75. The third-order valence-electron chi connectivity index (χ3n) is 3.05. The number of nitrogens with one attached hydrogen (secondary N) is 1. The largest absolute Gasteiger partial charge is 0.377 e. The summed E-state index contributed by atoms with van der Waals surface area (Å²) in [6.45, 7) is 10.1. The number of anilines is 1. The number of aryl methyl sites for hydroxylation is 2. The standard InChI is InChI=1S/C13H21N5/c1-5-17-13(11(4)6-15-17)8-14-12-7-16-18(9-12)10(2)3/h6-7,9-10,14H,5,8H2,1-4H3. The van der Waals surface area contributed by atoms with Crippen LogP contribution in [0.25, 0.3) is 0 Å². The van der Waals surface area contributed by atoms with E-state index in [-0.39, 0.29) is 0 Å². The van der Waals surface area contributed by atoms with E-state index in [9.17, 15) is 0 Å². The molecule has 0 saturated heterocycles. The van der Waals surface area contributed by atoms with Crippen LogP contribution in [-0.2, 0) is 13.1 Å². The minimum absolute atomic E-state index is 0.392. The van der Waals surface area contributed by atoms with Gasteiger partial charge in [0, 0.05) is 18.8 Å². The first kappa shape index (κ1) is 12.7. The summed E-state index contributed by atoms with van der Waals surface area (Å²) in [5, 5.41) is 12.0. The van der Waals surface area contributed by atoms with Crippen LogP contribution in [0.5, 0.6) is 0 Å². The first-order chi connectivity index (χ1) is 8.61. The van der Waals surface area contributed by atoms with Gasteiger partial charge in [0.1, 0.15) is 0 Å². The molecule has 0 radical (unpaired) electrons. The fourth-order valence-corrected chi connectivity index (χ4v) is 1.90. The predicted molar refractivity (Wildman–Crippen MR) is 72.6 cm³/mol. The lowest BCUT2D eigenvalue weighted by molar-refractivity contribution is 0.532. The van der Waals surface area contributed by atoms with Crippen LogP contribution in [0.2, 0.25) is 0 Å². The molecule has 0 unspecified atom stereocenters. The molecule has 18 heavy (non-hydrogen) atoms. The molecule has 0 spiro atoms. The Morgan fingerprint density at radius 3 is 2.67 bits per heavy atom. The maximum atomic E-state index is 4.34. The topological polar surface area (TPSA) is 47.7 Å². The van der Waals surface area contributed by atoms with E-state index in [1.807, 2.05) is 28.0 Å². The van der Waals surface area contributed by atoms with E-state index in [2.05, 4.69) is 43.2 Å². The van der Waals surface area contributed by atoms with Gasteiger partial charge in [0.25, 0.3) is 0 Å². The van der Waals surface area contributed by atoms with Gasteiger partial charge < -0.3 is 5.32 Å². The molecule has 0 fully saturated rings. The summed E-state index contributed by atoms with van der Waals surface area (Å²) in [6, 6.07) is 0.392. The van der Waals surface area contributed by atoms with Crippen molar-refractivity contribution in [1.29, 1.82) is 0 Å². The fourth-order valence-electron chi connectivity index (χ4n) is 1.90. The van der Waals surface area contributed by atoms with Crippen molar-refractivity contribution in [3.8, 4) is 0 Å². The van der Waals surface area contributed by atoms with E-state index in [0.29, 0.717) is 6.04 Å². The first-order valence-corrected chi connectivity index (χ1v) is 6.41. The van der Waals surface area contributed by atoms with Gasteiger partial charge in [-0.1, -0.05) is 0 Å². The Hall–Kier alpha value is -1.78. The zero-order valence-electron chi connectivity index (χ0n) is 11.5. The van der Waals surface area contributed by atoms with E-state index >= 15 is 0 Å². The summed E-state index contributed by atoms with van der Waals surface area (Å²) in [4.78, 5) is 0. The van der Waals surface area contributed by atoms with Gasteiger partial charge in [-0.15, -0.1) is 0 Å². The Kier molecular flexibility index (Phi) is 3.69. The molecule has 5 nitrogen and oxygen atoms in total. The molecule has 0 bridgehead atoms. The lowest BCUT2D eigenvalue weighted by Crippen LogP contribution is -2.08. The van der Waals surface area contributed by atoms with E-state index in [1.54, 1.807) is 0 Å². The summed E-state index contributed by atoms with van der Waals surface area (Å²) >= 11 is 0. The Balaban J connectivity index is 2.04. The van der Waals surface area contributed by atoms with E-state index in [0.717, 1.165) is 18.8 Å². The molecule has 2 rings (SSSR count). The molecule has 0 amide bonds. The van der Waals surface area contributed by atoms with E-state index in [1.165, 1.54) is 11.3 Å². The number of rotatable bonds is 5. The molecule has 0 atom stereocenters. The third-order valence-corrected chi connectivity index (χ3v) is 3.05. The second kappa shape index (κ2) is 5.25. The molecule has 0 saturated carbocycles. The highest BCUT2D eigenvalue weighted by molar-refractivity contribution is 5.39. The highest BCUT2D eigenvalue weighted by Gasteiger charge is 2.07. The lowest BCUT2D eigenvalue weighted by atomic mass is 10.2. The highest BCUT2D eigenvalue weighted by atomic mass is 15.3. The zero-order chi connectivity index (χ0) is 13.1. The van der Waals surface area contributed by atoms with Crippen molar-refractivity contribution in [3.05, 3.63) is 29.8 Å². The number of nitrogens with zero attached hydrogens (tertiary/aromatic N) is 4. The van der Waals surface area contributed by atoms with Crippen molar-refractivity contribution < 1.29 is 0 Å². The Labute approximate surface area is 108 Å². The van der Waals surface area contributed by atoms with Gasteiger partial charge in [-0.2, -0.15) is 10.2 Å². The van der Waals surface area contributed by atoms with Gasteiger partial charge in [0.2, 0.25) is 0 Å². The molecular weight excluding hydrogens is 226 g/mol. The molecule has 2 heterocycles. The van der Waals surface area contributed by atoms with Gasteiger partial charge in [-0.25, -0.2) is 0 Å². The van der Waals surface area contributed by atoms with Gasteiger partial charge in [0.05, 0.1) is 30.3 Å². The second-order valence-corrected chi connectivity index (χ2v) is 4.75. The third kappa shape index (κ3) is 2.55. The quantitative estimate of drug-likeness (QED) is 0.883. The lowest BCUT2D eigenvalue weighted by Gasteiger charge is -2.08. The van der Waals surface area contributed by atoms with Crippen molar-refractivity contribution in [3.63, 3.8) is 0 Å². The average molecular weight is 247 g/mol. The van der Waals surface area contributed by atoms with Gasteiger partial charge >= 0.3 is 0 Å². The smallest absolute Gasteiger partial charge is 0.0729 e. The highest BCUT2D eigenvalue weighted by Crippen LogP contribution is 2.13. The van der Waals surface area contributed by atoms with E-state index in [4.69, 9.17) is 0 Å².